The Morgan fingerprint density at radius 3 is 2.31 bits per heavy atom. The van der Waals surface area contributed by atoms with E-state index in [0.717, 1.165) is 0 Å². The Bertz CT molecular complexity index is 312. The lowest BCUT2D eigenvalue weighted by atomic mass is 10.1. The lowest BCUT2D eigenvalue weighted by Crippen LogP contribution is -1.78. The van der Waals surface area contributed by atoms with Crippen LogP contribution < -0.4 is 0 Å². The zero-order valence-electron chi connectivity index (χ0n) is 8.54. The Balaban J connectivity index is 2.89. The molecule has 68 valence electrons. The molecule has 0 aromatic heterocycles. The van der Waals surface area contributed by atoms with Crippen LogP contribution in [0, 0.1) is 6.92 Å². The van der Waals surface area contributed by atoms with Crippen molar-refractivity contribution in [1.29, 1.82) is 0 Å². The minimum Gasteiger partial charge on any atom is -0.0877 e. The number of hydrogen-bond donors (Lipinski definition) is 0. The van der Waals surface area contributed by atoms with Crippen LogP contribution in [0.3, 0.4) is 0 Å². The van der Waals surface area contributed by atoms with E-state index in [1.807, 2.05) is 13.0 Å². The first kappa shape index (κ1) is 9.79. The van der Waals surface area contributed by atoms with Crippen molar-refractivity contribution in [2.45, 2.75) is 20.8 Å². The fraction of sp³-hybridized carbons (Fsp3) is 0.231. The van der Waals surface area contributed by atoms with Crippen LogP contribution in [0.5, 0.6) is 0 Å². The van der Waals surface area contributed by atoms with Gasteiger partial charge in [-0.3, -0.25) is 0 Å². The van der Waals surface area contributed by atoms with Gasteiger partial charge in [-0.1, -0.05) is 48.1 Å². The minimum absolute atomic E-state index is 1.30. The van der Waals surface area contributed by atoms with E-state index in [9.17, 15) is 0 Å². The summed E-state index contributed by atoms with van der Waals surface area (Å²) in [6.45, 7) is 6.26. The first-order valence-corrected chi connectivity index (χ1v) is 4.60. The van der Waals surface area contributed by atoms with Crippen molar-refractivity contribution in [1.82, 2.24) is 0 Å². The second kappa shape index (κ2) is 4.66. The van der Waals surface area contributed by atoms with Crippen molar-refractivity contribution in [3.63, 3.8) is 0 Å². The van der Waals surface area contributed by atoms with E-state index >= 15 is 0 Å². The Hall–Kier alpha value is -1.30. The molecule has 1 aromatic rings. The number of allylic oxidation sites excluding steroid dienone is 4. The van der Waals surface area contributed by atoms with Gasteiger partial charge in [-0.25, -0.2) is 0 Å². The van der Waals surface area contributed by atoms with E-state index in [0.29, 0.717) is 0 Å². The average Bonchev–Trinajstić information content (AvgIpc) is 2.15. The highest BCUT2D eigenvalue weighted by Crippen LogP contribution is 2.13. The molecule has 0 heteroatoms. The molecule has 0 unspecified atom stereocenters. The summed E-state index contributed by atoms with van der Waals surface area (Å²) in [6.07, 6.45) is 6.23. The van der Waals surface area contributed by atoms with Gasteiger partial charge in [0.05, 0.1) is 0 Å². The van der Waals surface area contributed by atoms with E-state index in [2.05, 4.69) is 50.3 Å². The maximum atomic E-state index is 2.16. The van der Waals surface area contributed by atoms with Gasteiger partial charge in [-0.15, -0.1) is 0 Å². The predicted octanol–water partition coefficient (Wildman–Crippen LogP) is 3.97. The van der Waals surface area contributed by atoms with Gasteiger partial charge in [0.15, 0.2) is 0 Å². The third-order valence-corrected chi connectivity index (χ3v) is 2.05. The molecule has 0 aliphatic rings. The molecule has 0 saturated carbocycles. The van der Waals surface area contributed by atoms with Crippen molar-refractivity contribution in [3.05, 3.63) is 53.6 Å². The van der Waals surface area contributed by atoms with Crippen molar-refractivity contribution < 1.29 is 0 Å². The number of aryl methyl sites for hydroxylation is 1. The summed E-state index contributed by atoms with van der Waals surface area (Å²) in [5.41, 5.74) is 3.91. The highest BCUT2D eigenvalue weighted by atomic mass is 14.0. The van der Waals surface area contributed by atoms with E-state index in [4.69, 9.17) is 0 Å². The highest BCUT2D eigenvalue weighted by molar-refractivity contribution is 5.65. The molecule has 1 aromatic carbocycles. The van der Waals surface area contributed by atoms with E-state index in [1.165, 1.54) is 16.7 Å². The van der Waals surface area contributed by atoms with Gasteiger partial charge >= 0.3 is 0 Å². The quantitative estimate of drug-likeness (QED) is 0.592. The minimum atomic E-state index is 1.30. The normalized spacial score (nSPS) is 12.4. The van der Waals surface area contributed by atoms with Crippen LogP contribution in [-0.4, -0.2) is 0 Å². The number of rotatable bonds is 2. The van der Waals surface area contributed by atoms with Crippen molar-refractivity contribution >= 4 is 5.57 Å². The standard InChI is InChI=1S/C13H16/c1-4-5-6-12(3)13-9-7-11(2)8-10-13/h4-10H,1-3H3/b5-4-,12-6+. The molecule has 0 radical (unpaired) electrons. The van der Waals surface area contributed by atoms with Gasteiger partial charge < -0.3 is 0 Å². The van der Waals surface area contributed by atoms with E-state index in [1.54, 1.807) is 0 Å². The molecule has 0 spiro atoms. The highest BCUT2D eigenvalue weighted by Gasteiger charge is 1.92. The number of benzene rings is 1. The molecular weight excluding hydrogens is 156 g/mol. The van der Waals surface area contributed by atoms with Crippen molar-refractivity contribution in [3.8, 4) is 0 Å². The topological polar surface area (TPSA) is 0 Å². The molecule has 0 aliphatic carbocycles. The van der Waals surface area contributed by atoms with Crippen LogP contribution >= 0.6 is 0 Å². The molecule has 0 N–H and O–H groups in total. The molecule has 1 rings (SSSR count). The van der Waals surface area contributed by atoms with Gasteiger partial charge in [-0.05, 0) is 31.9 Å². The lowest BCUT2D eigenvalue weighted by Gasteiger charge is -2.00. The van der Waals surface area contributed by atoms with Crippen LogP contribution in [0.15, 0.2) is 42.5 Å². The van der Waals surface area contributed by atoms with Crippen LogP contribution in [-0.2, 0) is 0 Å². The maximum Gasteiger partial charge on any atom is -0.0227 e. The molecule has 0 amide bonds. The average molecular weight is 172 g/mol. The predicted molar refractivity (Wildman–Crippen MR) is 59.6 cm³/mol. The van der Waals surface area contributed by atoms with Crippen molar-refractivity contribution in [2.75, 3.05) is 0 Å². The van der Waals surface area contributed by atoms with Crippen molar-refractivity contribution in [2.24, 2.45) is 0 Å². The lowest BCUT2D eigenvalue weighted by molar-refractivity contribution is 1.44. The summed E-state index contributed by atoms with van der Waals surface area (Å²) < 4.78 is 0. The van der Waals surface area contributed by atoms with Crippen LogP contribution in [0.25, 0.3) is 5.57 Å². The van der Waals surface area contributed by atoms with Gasteiger partial charge in [0.2, 0.25) is 0 Å². The maximum absolute atomic E-state index is 2.16. The molecule has 0 nitrogen and oxygen atoms in total. The van der Waals surface area contributed by atoms with Gasteiger partial charge in [0.25, 0.3) is 0 Å². The van der Waals surface area contributed by atoms with Crippen LogP contribution in [0.1, 0.15) is 25.0 Å². The van der Waals surface area contributed by atoms with Gasteiger partial charge in [-0.2, -0.15) is 0 Å². The molecule has 0 bridgehead atoms. The van der Waals surface area contributed by atoms with E-state index in [-0.39, 0.29) is 0 Å². The number of hydrogen-bond acceptors (Lipinski definition) is 0. The third kappa shape index (κ3) is 2.90. The summed E-state index contributed by atoms with van der Waals surface area (Å²) >= 11 is 0. The Morgan fingerprint density at radius 1 is 1.15 bits per heavy atom. The Labute approximate surface area is 80.6 Å². The summed E-state index contributed by atoms with van der Waals surface area (Å²) in [6, 6.07) is 8.60. The SMILES string of the molecule is C/C=C\C=C(/C)c1ccc(C)cc1. The molecule has 0 atom stereocenters. The van der Waals surface area contributed by atoms with Crippen LogP contribution in [0.4, 0.5) is 0 Å². The Kier molecular flexibility index (Phi) is 3.51. The van der Waals surface area contributed by atoms with Crippen LogP contribution in [0.2, 0.25) is 0 Å². The monoisotopic (exact) mass is 172 g/mol. The molecule has 0 saturated heterocycles. The smallest absolute Gasteiger partial charge is 0.0227 e. The molecule has 0 heterocycles. The third-order valence-electron chi connectivity index (χ3n) is 2.05. The molecule has 13 heavy (non-hydrogen) atoms. The summed E-state index contributed by atoms with van der Waals surface area (Å²) in [4.78, 5) is 0. The molecular formula is C13H16. The fourth-order valence-corrected chi connectivity index (χ4v) is 1.15. The summed E-state index contributed by atoms with van der Waals surface area (Å²) in [5.74, 6) is 0. The second-order valence-corrected chi connectivity index (χ2v) is 3.24. The zero-order valence-corrected chi connectivity index (χ0v) is 8.54. The second-order valence-electron chi connectivity index (χ2n) is 3.24. The van der Waals surface area contributed by atoms with Gasteiger partial charge in [0, 0.05) is 0 Å². The zero-order chi connectivity index (χ0) is 9.68. The van der Waals surface area contributed by atoms with E-state index < -0.39 is 0 Å². The molecule has 0 fully saturated rings. The first-order chi connectivity index (χ1) is 6.24. The Morgan fingerprint density at radius 2 is 1.77 bits per heavy atom. The van der Waals surface area contributed by atoms with Gasteiger partial charge in [0.1, 0.15) is 0 Å². The fourth-order valence-electron chi connectivity index (χ4n) is 1.15. The largest absolute Gasteiger partial charge is 0.0877 e. The molecule has 0 aliphatic heterocycles. The first-order valence-electron chi connectivity index (χ1n) is 4.60. The summed E-state index contributed by atoms with van der Waals surface area (Å²) in [7, 11) is 0. The summed E-state index contributed by atoms with van der Waals surface area (Å²) in [5, 5.41) is 0.